The van der Waals surface area contributed by atoms with Gasteiger partial charge in [-0.15, -0.1) is 13.2 Å². The highest BCUT2D eigenvalue weighted by Gasteiger charge is 2.32. The van der Waals surface area contributed by atoms with Gasteiger partial charge >= 0.3 is 12.3 Å². The number of nitrogens with zero attached hydrogens (tertiary/aromatic N) is 2. The van der Waals surface area contributed by atoms with Crippen molar-refractivity contribution >= 4 is 17.6 Å². The lowest BCUT2D eigenvalue weighted by Gasteiger charge is -2.17. The van der Waals surface area contributed by atoms with E-state index in [4.69, 9.17) is 0 Å². The van der Waals surface area contributed by atoms with Gasteiger partial charge in [0.05, 0.1) is 6.42 Å². The van der Waals surface area contributed by atoms with Gasteiger partial charge in [0.15, 0.2) is 0 Å². The lowest BCUT2D eigenvalue weighted by Crippen LogP contribution is -2.18. The summed E-state index contributed by atoms with van der Waals surface area (Å²) in [5.41, 5.74) is 2.56. The first-order valence-electron chi connectivity index (χ1n) is 10.9. The first-order chi connectivity index (χ1) is 15.7. The smallest absolute Gasteiger partial charge is 0.481 e. The van der Waals surface area contributed by atoms with Crippen molar-refractivity contribution in [1.82, 2.24) is 9.97 Å². The molecule has 3 rings (SSSR count). The number of hydrogen-bond donors (Lipinski definition) is 2. The summed E-state index contributed by atoms with van der Waals surface area (Å²) < 4.78 is 40.6. The Hall–Kier alpha value is -3.17. The van der Waals surface area contributed by atoms with Crippen LogP contribution in [0.1, 0.15) is 61.3 Å². The molecule has 0 amide bonds. The van der Waals surface area contributed by atoms with E-state index in [1.54, 1.807) is 0 Å². The number of pyridine rings is 2. The Morgan fingerprint density at radius 3 is 2.67 bits per heavy atom. The SMILES string of the molecule is O=C(O)CC(CC(=O)CCCCc1ccc2c(n1)NCCC2)c1ccc(OC(F)(F)F)nc1. The van der Waals surface area contributed by atoms with Gasteiger partial charge in [-0.2, -0.15) is 0 Å². The van der Waals surface area contributed by atoms with Gasteiger partial charge in [-0.1, -0.05) is 12.1 Å². The number of ether oxygens (including phenoxy) is 1. The molecular formula is C23H26F3N3O4. The molecule has 10 heteroatoms. The van der Waals surface area contributed by atoms with Crippen molar-refractivity contribution in [1.29, 1.82) is 0 Å². The van der Waals surface area contributed by atoms with Gasteiger partial charge in [-0.3, -0.25) is 9.59 Å². The van der Waals surface area contributed by atoms with Crippen LogP contribution in [-0.4, -0.2) is 39.7 Å². The van der Waals surface area contributed by atoms with Crippen LogP contribution in [0.5, 0.6) is 5.88 Å². The number of nitrogens with one attached hydrogen (secondary N) is 1. The van der Waals surface area contributed by atoms with Gasteiger partial charge in [-0.05, 0) is 49.3 Å². The van der Waals surface area contributed by atoms with Crippen LogP contribution in [0.2, 0.25) is 0 Å². The van der Waals surface area contributed by atoms with Crippen LogP contribution in [0.25, 0.3) is 0 Å². The maximum atomic E-state index is 12.5. The van der Waals surface area contributed by atoms with Crippen molar-refractivity contribution < 1.29 is 32.6 Å². The largest absolute Gasteiger partial charge is 0.574 e. The van der Waals surface area contributed by atoms with E-state index >= 15 is 0 Å². The summed E-state index contributed by atoms with van der Waals surface area (Å²) in [5.74, 6) is -1.58. The molecule has 0 saturated carbocycles. The van der Waals surface area contributed by atoms with E-state index in [0.717, 1.165) is 56.0 Å². The van der Waals surface area contributed by atoms with Crippen molar-refractivity contribution in [3.63, 3.8) is 0 Å². The van der Waals surface area contributed by atoms with Crippen molar-refractivity contribution in [3.8, 4) is 5.88 Å². The maximum Gasteiger partial charge on any atom is 0.574 e. The van der Waals surface area contributed by atoms with Crippen LogP contribution in [0.3, 0.4) is 0 Å². The zero-order valence-corrected chi connectivity index (χ0v) is 18.0. The van der Waals surface area contributed by atoms with Crippen LogP contribution in [0, 0.1) is 0 Å². The third-order valence-corrected chi connectivity index (χ3v) is 5.44. The number of anilines is 1. The monoisotopic (exact) mass is 465 g/mol. The Kier molecular flexibility index (Phi) is 8.24. The predicted molar refractivity (Wildman–Crippen MR) is 114 cm³/mol. The van der Waals surface area contributed by atoms with Gasteiger partial charge in [0.1, 0.15) is 11.6 Å². The second kappa shape index (κ2) is 11.1. The van der Waals surface area contributed by atoms with Crippen molar-refractivity contribution in [2.45, 2.75) is 63.6 Å². The maximum absolute atomic E-state index is 12.5. The van der Waals surface area contributed by atoms with Gasteiger partial charge in [0, 0.05) is 43.3 Å². The van der Waals surface area contributed by atoms with Crippen LogP contribution in [0.4, 0.5) is 19.0 Å². The summed E-state index contributed by atoms with van der Waals surface area (Å²) in [7, 11) is 0. The zero-order valence-electron chi connectivity index (χ0n) is 18.0. The summed E-state index contributed by atoms with van der Waals surface area (Å²) in [6.45, 7) is 0.920. The molecule has 1 aliphatic rings. The molecule has 2 N–H and O–H groups in total. The molecule has 0 fully saturated rings. The molecule has 1 atom stereocenters. The first-order valence-corrected chi connectivity index (χ1v) is 10.9. The minimum Gasteiger partial charge on any atom is -0.481 e. The number of unbranched alkanes of at least 4 members (excludes halogenated alkanes) is 1. The number of Topliss-reactive ketones (excluding diaryl/α,β-unsaturated/α-hetero) is 1. The average molecular weight is 465 g/mol. The first kappa shape index (κ1) is 24.5. The second-order valence-electron chi connectivity index (χ2n) is 8.06. The molecule has 7 nitrogen and oxygen atoms in total. The Morgan fingerprint density at radius 1 is 1.15 bits per heavy atom. The molecule has 1 unspecified atom stereocenters. The molecule has 33 heavy (non-hydrogen) atoms. The lowest BCUT2D eigenvalue weighted by atomic mass is 9.90. The standard InChI is InChI=1S/C23H26F3N3O4/c24-23(25,26)33-20-10-8-16(14-28-20)17(13-21(31)32)12-19(30)6-2-1-5-18-9-7-15-4-3-11-27-22(15)29-18/h7-10,14,17H,1-6,11-13H2,(H,27,29)(H,31,32). The average Bonchev–Trinajstić information content (AvgIpc) is 2.75. The summed E-state index contributed by atoms with van der Waals surface area (Å²) in [4.78, 5) is 31.9. The van der Waals surface area contributed by atoms with E-state index in [0.29, 0.717) is 18.4 Å². The van der Waals surface area contributed by atoms with Gasteiger partial charge < -0.3 is 15.2 Å². The second-order valence-corrected chi connectivity index (χ2v) is 8.06. The Labute approximate surface area is 189 Å². The molecule has 2 aromatic rings. The van der Waals surface area contributed by atoms with E-state index in [9.17, 15) is 27.9 Å². The van der Waals surface area contributed by atoms with Crippen LogP contribution in [-0.2, 0) is 22.4 Å². The van der Waals surface area contributed by atoms with E-state index in [2.05, 4.69) is 26.1 Å². The number of carbonyl (C=O) groups is 2. The molecule has 178 valence electrons. The number of aryl methyl sites for hydroxylation is 2. The van der Waals surface area contributed by atoms with Gasteiger partial charge in [0.2, 0.25) is 5.88 Å². The molecule has 0 aliphatic carbocycles. The zero-order chi connectivity index (χ0) is 23.8. The predicted octanol–water partition coefficient (Wildman–Crippen LogP) is 4.66. The minimum absolute atomic E-state index is 0.0194. The number of rotatable bonds is 11. The number of aliphatic carboxylic acids is 1. The Bertz CT molecular complexity index is 964. The highest BCUT2D eigenvalue weighted by molar-refractivity contribution is 5.80. The fraction of sp³-hybridized carbons (Fsp3) is 0.478. The highest BCUT2D eigenvalue weighted by atomic mass is 19.4. The Balaban J connectivity index is 1.49. The van der Waals surface area contributed by atoms with E-state index in [-0.39, 0.29) is 18.6 Å². The van der Waals surface area contributed by atoms with Crippen molar-refractivity contribution in [2.24, 2.45) is 0 Å². The van der Waals surface area contributed by atoms with E-state index < -0.39 is 24.1 Å². The number of carboxylic acid groups (broad SMARTS) is 1. The third-order valence-electron chi connectivity index (χ3n) is 5.44. The summed E-state index contributed by atoms with van der Waals surface area (Å²) in [5, 5.41) is 12.5. The van der Waals surface area contributed by atoms with Crippen LogP contribution < -0.4 is 10.1 Å². The number of halogens is 3. The molecule has 1 aliphatic heterocycles. The number of fused-ring (bicyclic) bond motifs is 1. The molecule has 0 aromatic carbocycles. The summed E-state index contributed by atoms with van der Waals surface area (Å²) >= 11 is 0. The number of ketones is 1. The summed E-state index contributed by atoms with van der Waals surface area (Å²) in [6.07, 6.45) is 0.484. The van der Waals surface area contributed by atoms with Crippen LogP contribution in [0.15, 0.2) is 30.5 Å². The molecule has 2 aromatic heterocycles. The third kappa shape index (κ3) is 8.03. The number of carbonyl (C=O) groups excluding carboxylic acids is 1. The summed E-state index contributed by atoms with van der Waals surface area (Å²) in [6, 6.07) is 6.42. The normalized spacial score (nSPS) is 14.2. The number of carboxylic acids is 1. The van der Waals surface area contributed by atoms with E-state index in [1.165, 1.54) is 11.6 Å². The lowest BCUT2D eigenvalue weighted by molar-refractivity contribution is -0.276. The fourth-order valence-corrected chi connectivity index (χ4v) is 3.84. The van der Waals surface area contributed by atoms with Crippen LogP contribution >= 0.6 is 0 Å². The van der Waals surface area contributed by atoms with Crippen molar-refractivity contribution in [3.05, 3.63) is 47.3 Å². The fourth-order valence-electron chi connectivity index (χ4n) is 3.84. The quantitative estimate of drug-likeness (QED) is 0.465. The number of alkyl halides is 3. The molecule has 0 saturated heterocycles. The topological polar surface area (TPSA) is 101 Å². The number of aromatic nitrogens is 2. The molecule has 0 bridgehead atoms. The number of hydrogen-bond acceptors (Lipinski definition) is 6. The minimum atomic E-state index is -4.87. The van der Waals surface area contributed by atoms with E-state index in [1.807, 2.05) is 6.07 Å². The molecule has 0 radical (unpaired) electrons. The molecule has 0 spiro atoms. The highest BCUT2D eigenvalue weighted by Crippen LogP contribution is 2.27. The molecule has 3 heterocycles. The van der Waals surface area contributed by atoms with Gasteiger partial charge in [-0.25, -0.2) is 9.97 Å². The van der Waals surface area contributed by atoms with Gasteiger partial charge in [0.25, 0.3) is 0 Å². The Morgan fingerprint density at radius 2 is 1.97 bits per heavy atom. The molecular weight excluding hydrogens is 439 g/mol. The van der Waals surface area contributed by atoms with Crippen molar-refractivity contribution in [2.75, 3.05) is 11.9 Å².